The number of aliphatic hydroxyl groups is 1. The second kappa shape index (κ2) is 7.46. The van der Waals surface area contributed by atoms with Gasteiger partial charge in [-0.05, 0) is 24.6 Å². The van der Waals surface area contributed by atoms with E-state index in [1.807, 2.05) is 6.07 Å². The summed E-state index contributed by atoms with van der Waals surface area (Å²) in [5, 5.41) is 20.3. The number of fused-ring (bicyclic) bond motifs is 1. The van der Waals surface area contributed by atoms with Gasteiger partial charge in [0.1, 0.15) is 0 Å². The standard InChI is InChI=1S/C16H17NO6/c1-10(18)15(16(20)21)17-14(19)5-3-2-4-11-6-7-12-13(8-11)23-9-22-12/h2-8,10,15,18H,9H2,1H3,(H,17,19)(H,20,21)/b4-2+,5-3-/t10-,15+/m1/s1. The number of rotatable bonds is 6. The van der Waals surface area contributed by atoms with E-state index in [1.165, 1.54) is 19.1 Å². The van der Waals surface area contributed by atoms with Crippen LogP contribution in [0.2, 0.25) is 0 Å². The zero-order valence-corrected chi connectivity index (χ0v) is 12.4. The van der Waals surface area contributed by atoms with Crippen LogP contribution in [0.15, 0.2) is 36.4 Å². The Bertz CT molecular complexity index is 650. The lowest BCUT2D eigenvalue weighted by Crippen LogP contribution is -2.47. The number of ether oxygens (including phenoxy) is 2. The highest BCUT2D eigenvalue weighted by Gasteiger charge is 2.23. The Morgan fingerprint density at radius 3 is 2.70 bits per heavy atom. The second-order valence-electron chi connectivity index (χ2n) is 4.90. The molecule has 2 atom stereocenters. The fourth-order valence-electron chi connectivity index (χ4n) is 1.92. The molecule has 23 heavy (non-hydrogen) atoms. The summed E-state index contributed by atoms with van der Waals surface area (Å²) >= 11 is 0. The molecule has 122 valence electrons. The Kier molecular flexibility index (Phi) is 5.37. The van der Waals surface area contributed by atoms with Gasteiger partial charge in [0.05, 0.1) is 6.10 Å². The molecule has 1 aliphatic heterocycles. The largest absolute Gasteiger partial charge is 0.480 e. The van der Waals surface area contributed by atoms with Crippen LogP contribution in [-0.2, 0) is 9.59 Å². The van der Waals surface area contributed by atoms with Gasteiger partial charge in [-0.2, -0.15) is 0 Å². The van der Waals surface area contributed by atoms with Gasteiger partial charge >= 0.3 is 5.97 Å². The van der Waals surface area contributed by atoms with E-state index < -0.39 is 24.0 Å². The molecule has 7 nitrogen and oxygen atoms in total. The predicted molar refractivity (Wildman–Crippen MR) is 82.0 cm³/mol. The molecule has 1 aliphatic rings. The third-order valence-corrected chi connectivity index (χ3v) is 3.09. The summed E-state index contributed by atoms with van der Waals surface area (Å²) in [6.45, 7) is 1.50. The number of carbonyl (C=O) groups is 2. The molecule has 1 amide bonds. The molecule has 0 radical (unpaired) electrons. The predicted octanol–water partition coefficient (Wildman–Crippen LogP) is 0.935. The first kappa shape index (κ1) is 16.6. The van der Waals surface area contributed by atoms with Crippen molar-refractivity contribution in [1.82, 2.24) is 5.32 Å². The summed E-state index contributed by atoms with van der Waals surface area (Å²) in [7, 11) is 0. The molecule has 0 bridgehead atoms. The average molecular weight is 319 g/mol. The number of aliphatic hydroxyl groups excluding tert-OH is 1. The van der Waals surface area contributed by atoms with Gasteiger partial charge in [-0.3, -0.25) is 4.79 Å². The van der Waals surface area contributed by atoms with Gasteiger partial charge in [0, 0.05) is 6.08 Å². The first-order valence-electron chi connectivity index (χ1n) is 6.93. The number of carboxylic acids is 1. The lowest BCUT2D eigenvalue weighted by atomic mass is 10.2. The molecular formula is C16H17NO6. The van der Waals surface area contributed by atoms with E-state index in [9.17, 15) is 14.7 Å². The molecule has 0 saturated heterocycles. The van der Waals surface area contributed by atoms with Crippen molar-refractivity contribution >= 4 is 18.0 Å². The summed E-state index contributed by atoms with van der Waals surface area (Å²) in [5.74, 6) is -0.545. The van der Waals surface area contributed by atoms with Gasteiger partial charge < -0.3 is 25.0 Å². The van der Waals surface area contributed by atoms with Crippen LogP contribution in [0, 0.1) is 0 Å². The highest BCUT2D eigenvalue weighted by molar-refractivity contribution is 5.91. The zero-order chi connectivity index (χ0) is 16.8. The van der Waals surface area contributed by atoms with Crippen LogP contribution in [0.5, 0.6) is 11.5 Å². The Morgan fingerprint density at radius 2 is 2.00 bits per heavy atom. The van der Waals surface area contributed by atoms with Crippen LogP contribution in [0.3, 0.4) is 0 Å². The van der Waals surface area contributed by atoms with Gasteiger partial charge in [-0.25, -0.2) is 4.79 Å². The maximum Gasteiger partial charge on any atom is 0.328 e. The molecule has 0 saturated carbocycles. The van der Waals surface area contributed by atoms with Crippen molar-refractivity contribution in [2.24, 2.45) is 0 Å². The Labute approximate surface area is 132 Å². The number of allylic oxidation sites excluding steroid dienone is 2. The molecule has 0 aromatic heterocycles. The van der Waals surface area contributed by atoms with E-state index in [4.69, 9.17) is 14.6 Å². The van der Waals surface area contributed by atoms with E-state index in [0.29, 0.717) is 11.5 Å². The molecule has 7 heteroatoms. The van der Waals surface area contributed by atoms with Crippen molar-refractivity contribution in [3.63, 3.8) is 0 Å². The summed E-state index contributed by atoms with van der Waals surface area (Å²) in [6, 6.07) is 4.09. The average Bonchev–Trinajstić information content (AvgIpc) is 2.96. The van der Waals surface area contributed by atoms with Gasteiger partial charge in [0.25, 0.3) is 0 Å². The monoisotopic (exact) mass is 319 g/mol. The maximum atomic E-state index is 11.6. The molecule has 1 aromatic carbocycles. The third kappa shape index (κ3) is 4.58. The smallest absolute Gasteiger partial charge is 0.328 e. The maximum absolute atomic E-state index is 11.6. The second-order valence-corrected chi connectivity index (χ2v) is 4.90. The van der Waals surface area contributed by atoms with Crippen LogP contribution < -0.4 is 14.8 Å². The van der Waals surface area contributed by atoms with Crippen molar-refractivity contribution in [3.8, 4) is 11.5 Å². The van der Waals surface area contributed by atoms with Crippen LogP contribution in [-0.4, -0.2) is 41.0 Å². The minimum atomic E-state index is -1.34. The number of amides is 1. The number of benzene rings is 1. The number of hydrogen-bond donors (Lipinski definition) is 3. The molecule has 0 spiro atoms. The van der Waals surface area contributed by atoms with Crippen molar-refractivity contribution in [1.29, 1.82) is 0 Å². The normalized spacial score (nSPS) is 15.7. The molecule has 1 heterocycles. The number of carboxylic acid groups (broad SMARTS) is 1. The number of carbonyl (C=O) groups excluding carboxylic acids is 1. The highest BCUT2D eigenvalue weighted by atomic mass is 16.7. The summed E-state index contributed by atoms with van der Waals surface area (Å²) in [5.41, 5.74) is 0.867. The first-order valence-corrected chi connectivity index (χ1v) is 6.93. The van der Waals surface area contributed by atoms with E-state index in [0.717, 1.165) is 5.56 Å². The third-order valence-electron chi connectivity index (χ3n) is 3.09. The van der Waals surface area contributed by atoms with Gasteiger partial charge in [0.15, 0.2) is 17.5 Å². The molecule has 0 aliphatic carbocycles. The number of nitrogens with one attached hydrogen (secondary N) is 1. The SMILES string of the molecule is C[C@@H](O)[C@H](NC(=O)/C=C\C=C\c1ccc2c(c1)OCO2)C(=O)O. The van der Waals surface area contributed by atoms with Crippen LogP contribution in [0.1, 0.15) is 12.5 Å². The molecule has 0 unspecified atom stereocenters. The van der Waals surface area contributed by atoms with Crippen molar-refractivity contribution < 1.29 is 29.3 Å². The van der Waals surface area contributed by atoms with Crippen LogP contribution >= 0.6 is 0 Å². The fraction of sp³-hybridized carbons (Fsp3) is 0.250. The van der Waals surface area contributed by atoms with E-state index >= 15 is 0 Å². The Balaban J connectivity index is 1.90. The van der Waals surface area contributed by atoms with E-state index in [1.54, 1.807) is 24.3 Å². The molecule has 2 rings (SSSR count). The highest BCUT2D eigenvalue weighted by Crippen LogP contribution is 2.32. The summed E-state index contributed by atoms with van der Waals surface area (Å²) in [6.07, 6.45) is 4.86. The number of aliphatic carboxylic acids is 1. The first-order chi connectivity index (χ1) is 11.0. The Hall–Kier alpha value is -2.80. The van der Waals surface area contributed by atoms with Gasteiger partial charge in [-0.15, -0.1) is 0 Å². The number of hydrogen-bond acceptors (Lipinski definition) is 5. The molecule has 1 aromatic rings. The minimum absolute atomic E-state index is 0.205. The molecule has 0 fully saturated rings. The van der Waals surface area contributed by atoms with E-state index in [2.05, 4.69) is 5.32 Å². The van der Waals surface area contributed by atoms with Crippen LogP contribution in [0.4, 0.5) is 0 Å². The quantitative estimate of drug-likeness (QED) is 0.532. The summed E-state index contributed by atoms with van der Waals surface area (Å²) in [4.78, 5) is 22.4. The molecular weight excluding hydrogens is 302 g/mol. The minimum Gasteiger partial charge on any atom is -0.480 e. The lowest BCUT2D eigenvalue weighted by molar-refractivity contribution is -0.144. The fourth-order valence-corrected chi connectivity index (χ4v) is 1.92. The van der Waals surface area contributed by atoms with Gasteiger partial charge in [-0.1, -0.05) is 24.3 Å². The zero-order valence-electron chi connectivity index (χ0n) is 12.4. The summed E-state index contributed by atoms with van der Waals surface area (Å²) < 4.78 is 10.5. The van der Waals surface area contributed by atoms with Crippen molar-refractivity contribution in [2.75, 3.05) is 6.79 Å². The van der Waals surface area contributed by atoms with E-state index in [-0.39, 0.29) is 6.79 Å². The van der Waals surface area contributed by atoms with Gasteiger partial charge in [0.2, 0.25) is 12.7 Å². The lowest BCUT2D eigenvalue weighted by Gasteiger charge is -2.15. The Morgan fingerprint density at radius 1 is 1.26 bits per heavy atom. The van der Waals surface area contributed by atoms with Crippen molar-refractivity contribution in [3.05, 3.63) is 42.0 Å². The topological polar surface area (TPSA) is 105 Å². The molecule has 3 N–H and O–H groups in total. The van der Waals surface area contributed by atoms with Crippen molar-refractivity contribution in [2.45, 2.75) is 19.1 Å². The van der Waals surface area contributed by atoms with Crippen LogP contribution in [0.25, 0.3) is 6.08 Å².